The molecule has 3 saturated heterocycles. The van der Waals surface area contributed by atoms with E-state index in [2.05, 4.69) is 22.0 Å². The monoisotopic (exact) mass is 452 g/mol. The Hall–Kier alpha value is -2.78. The standard InChI is InChI=1S/C24H28N4O5/c1-24(12-26-10-14-8-15(14)11-26)13-27(6-7-33-24)16-2-3-17-18(9-16)23(32)28(22(17)31)19-4-5-20(29)25-21(19)30/h2-3,9,14-15,19H,4-8,10-13H2,1H3,(H,25,29,30). The van der Waals surface area contributed by atoms with Crippen molar-refractivity contribution >= 4 is 29.3 Å². The zero-order valence-electron chi connectivity index (χ0n) is 18.7. The fraction of sp³-hybridized carbons (Fsp3) is 0.583. The lowest BCUT2D eigenvalue weighted by atomic mass is 10.0. The molecule has 4 aliphatic heterocycles. The first-order valence-corrected chi connectivity index (χ1v) is 11.8. The van der Waals surface area contributed by atoms with Gasteiger partial charge in [0.2, 0.25) is 11.8 Å². The predicted molar refractivity (Wildman–Crippen MR) is 118 cm³/mol. The lowest BCUT2D eigenvalue weighted by Crippen LogP contribution is -2.55. The van der Waals surface area contributed by atoms with Gasteiger partial charge in [0.05, 0.1) is 23.3 Å². The fourth-order valence-electron chi connectivity index (χ4n) is 6.00. The Labute approximate surface area is 192 Å². The maximum atomic E-state index is 13.2. The Kier molecular flexibility index (Phi) is 4.64. The van der Waals surface area contributed by atoms with Crippen LogP contribution < -0.4 is 10.2 Å². The van der Waals surface area contributed by atoms with Crippen LogP contribution in [-0.2, 0) is 14.3 Å². The summed E-state index contributed by atoms with van der Waals surface area (Å²) in [5.41, 5.74) is 1.20. The smallest absolute Gasteiger partial charge is 0.262 e. The number of ether oxygens (including phenoxy) is 1. The number of rotatable bonds is 4. The van der Waals surface area contributed by atoms with Crippen molar-refractivity contribution in [2.45, 2.75) is 37.8 Å². The van der Waals surface area contributed by atoms with Gasteiger partial charge in [-0.2, -0.15) is 0 Å². The Morgan fingerprint density at radius 2 is 1.85 bits per heavy atom. The van der Waals surface area contributed by atoms with Gasteiger partial charge in [-0.15, -0.1) is 0 Å². The molecule has 4 unspecified atom stereocenters. The van der Waals surface area contributed by atoms with Crippen molar-refractivity contribution < 1.29 is 23.9 Å². The van der Waals surface area contributed by atoms with Gasteiger partial charge >= 0.3 is 0 Å². The summed E-state index contributed by atoms with van der Waals surface area (Å²) in [6.07, 6.45) is 1.64. The van der Waals surface area contributed by atoms with Crippen LogP contribution in [0.3, 0.4) is 0 Å². The molecule has 4 atom stereocenters. The first kappa shape index (κ1) is 20.8. The number of hydrogen-bond acceptors (Lipinski definition) is 7. The highest BCUT2D eigenvalue weighted by atomic mass is 16.5. The van der Waals surface area contributed by atoms with Crippen LogP contribution in [0.4, 0.5) is 5.69 Å². The number of piperidine rings is 2. The van der Waals surface area contributed by atoms with Crippen molar-refractivity contribution in [3.8, 4) is 0 Å². The molecule has 4 heterocycles. The average molecular weight is 453 g/mol. The topological polar surface area (TPSA) is 99.3 Å². The zero-order valence-corrected chi connectivity index (χ0v) is 18.7. The molecule has 4 amide bonds. The van der Waals surface area contributed by atoms with Crippen LogP contribution in [0.2, 0.25) is 0 Å². The van der Waals surface area contributed by atoms with E-state index in [0.717, 1.165) is 42.1 Å². The SMILES string of the molecule is CC1(CN2CC3CC3C2)CN(c2ccc3c(c2)C(=O)N(C2CCC(=O)NC2=O)C3=O)CCO1. The molecule has 4 fully saturated rings. The van der Waals surface area contributed by atoms with Crippen LogP contribution in [-0.4, -0.2) is 84.4 Å². The first-order chi connectivity index (χ1) is 15.8. The number of anilines is 1. The van der Waals surface area contributed by atoms with E-state index in [4.69, 9.17) is 4.74 Å². The highest BCUT2D eigenvalue weighted by Crippen LogP contribution is 2.45. The fourth-order valence-corrected chi connectivity index (χ4v) is 6.00. The molecule has 0 aromatic heterocycles. The molecule has 9 nitrogen and oxygen atoms in total. The van der Waals surface area contributed by atoms with Crippen molar-refractivity contribution in [2.24, 2.45) is 11.8 Å². The van der Waals surface area contributed by atoms with Crippen LogP contribution in [0.5, 0.6) is 0 Å². The molecule has 1 saturated carbocycles. The molecular formula is C24H28N4O5. The molecule has 0 spiro atoms. The summed E-state index contributed by atoms with van der Waals surface area (Å²) >= 11 is 0. The van der Waals surface area contributed by atoms with Crippen molar-refractivity contribution in [1.82, 2.24) is 15.1 Å². The van der Waals surface area contributed by atoms with Crippen molar-refractivity contribution in [3.63, 3.8) is 0 Å². The van der Waals surface area contributed by atoms with E-state index >= 15 is 0 Å². The molecule has 1 aromatic carbocycles. The van der Waals surface area contributed by atoms with Crippen molar-refractivity contribution in [1.29, 1.82) is 0 Å². The van der Waals surface area contributed by atoms with E-state index in [1.165, 1.54) is 6.42 Å². The van der Waals surface area contributed by atoms with E-state index in [1.807, 2.05) is 6.07 Å². The molecule has 5 aliphatic rings. The summed E-state index contributed by atoms with van der Waals surface area (Å²) in [4.78, 5) is 55.6. The van der Waals surface area contributed by atoms with Gasteiger partial charge in [0, 0.05) is 44.8 Å². The molecule has 33 heavy (non-hydrogen) atoms. The Balaban J connectivity index is 1.20. The molecule has 1 aromatic rings. The number of morpholine rings is 1. The summed E-state index contributed by atoms with van der Waals surface area (Å²) in [5, 5.41) is 2.23. The number of amides is 4. The molecule has 9 heteroatoms. The summed E-state index contributed by atoms with van der Waals surface area (Å²) < 4.78 is 6.19. The van der Waals surface area contributed by atoms with E-state index < -0.39 is 23.8 Å². The summed E-state index contributed by atoms with van der Waals surface area (Å²) in [6.45, 7) is 7.38. The Bertz CT molecular complexity index is 1060. The van der Waals surface area contributed by atoms with Gasteiger partial charge in [-0.05, 0) is 49.8 Å². The minimum Gasteiger partial charge on any atom is -0.370 e. The van der Waals surface area contributed by atoms with Gasteiger partial charge in [0.1, 0.15) is 6.04 Å². The molecule has 174 valence electrons. The normalized spacial score (nSPS) is 33.9. The zero-order chi connectivity index (χ0) is 22.9. The molecule has 1 aliphatic carbocycles. The Morgan fingerprint density at radius 1 is 1.09 bits per heavy atom. The summed E-state index contributed by atoms with van der Waals surface area (Å²) in [6, 6.07) is 4.36. The van der Waals surface area contributed by atoms with Gasteiger partial charge in [-0.25, -0.2) is 0 Å². The summed E-state index contributed by atoms with van der Waals surface area (Å²) in [5.74, 6) is -0.170. The lowest BCUT2D eigenvalue weighted by molar-refractivity contribution is -0.136. The number of nitrogens with zero attached hydrogens (tertiary/aromatic N) is 3. The highest BCUT2D eigenvalue weighted by molar-refractivity contribution is 6.23. The Morgan fingerprint density at radius 3 is 2.61 bits per heavy atom. The first-order valence-electron chi connectivity index (χ1n) is 11.8. The molecule has 0 radical (unpaired) electrons. The van der Waals surface area contributed by atoms with Gasteiger partial charge in [-0.3, -0.25) is 34.3 Å². The quantitative estimate of drug-likeness (QED) is 0.669. The van der Waals surface area contributed by atoms with Gasteiger partial charge in [0.15, 0.2) is 0 Å². The van der Waals surface area contributed by atoms with E-state index in [-0.39, 0.29) is 24.3 Å². The number of hydrogen-bond donors (Lipinski definition) is 1. The molecule has 0 bridgehead atoms. The number of imide groups is 2. The minimum absolute atomic E-state index is 0.111. The lowest BCUT2D eigenvalue weighted by Gasteiger charge is -2.43. The number of carbonyl (C=O) groups is 4. The maximum absolute atomic E-state index is 13.2. The number of fused-ring (bicyclic) bond motifs is 2. The molecule has 1 N–H and O–H groups in total. The van der Waals surface area contributed by atoms with Crippen LogP contribution in [0.25, 0.3) is 0 Å². The van der Waals surface area contributed by atoms with Crippen LogP contribution in [0.1, 0.15) is 46.9 Å². The van der Waals surface area contributed by atoms with Gasteiger partial charge < -0.3 is 9.64 Å². The number of nitrogens with one attached hydrogen (secondary N) is 1. The number of benzene rings is 1. The number of likely N-dealkylation sites (tertiary alicyclic amines) is 1. The second kappa shape index (κ2) is 7.36. The van der Waals surface area contributed by atoms with E-state index in [9.17, 15) is 19.2 Å². The van der Waals surface area contributed by atoms with Crippen LogP contribution in [0, 0.1) is 11.8 Å². The van der Waals surface area contributed by atoms with E-state index in [0.29, 0.717) is 30.8 Å². The largest absolute Gasteiger partial charge is 0.370 e. The summed E-state index contributed by atoms with van der Waals surface area (Å²) in [7, 11) is 0. The van der Waals surface area contributed by atoms with Crippen molar-refractivity contribution in [3.05, 3.63) is 29.3 Å². The predicted octanol–water partition coefficient (Wildman–Crippen LogP) is 0.635. The molecule has 6 rings (SSSR count). The second-order valence-corrected chi connectivity index (χ2v) is 10.3. The van der Waals surface area contributed by atoms with Crippen LogP contribution in [0.15, 0.2) is 18.2 Å². The third-order valence-corrected chi connectivity index (χ3v) is 7.74. The average Bonchev–Trinajstić information content (AvgIpc) is 3.31. The van der Waals surface area contributed by atoms with E-state index in [1.54, 1.807) is 12.1 Å². The van der Waals surface area contributed by atoms with Gasteiger partial charge in [0.25, 0.3) is 11.8 Å². The second-order valence-electron chi connectivity index (χ2n) is 10.3. The third kappa shape index (κ3) is 3.54. The maximum Gasteiger partial charge on any atom is 0.262 e. The number of carbonyl (C=O) groups excluding carboxylic acids is 4. The van der Waals surface area contributed by atoms with Gasteiger partial charge in [-0.1, -0.05) is 0 Å². The minimum atomic E-state index is -0.947. The third-order valence-electron chi connectivity index (χ3n) is 7.74. The molecular weight excluding hydrogens is 424 g/mol. The highest BCUT2D eigenvalue weighted by Gasteiger charge is 2.48. The van der Waals surface area contributed by atoms with Crippen molar-refractivity contribution in [2.75, 3.05) is 44.2 Å². The van der Waals surface area contributed by atoms with Crippen LogP contribution >= 0.6 is 0 Å².